The number of hydrogen-bond acceptors (Lipinski definition) is 7. The molecule has 2 rings (SSSR count). The zero-order valence-corrected chi connectivity index (χ0v) is 17.8. The maximum Gasteiger partial charge on any atom is 0.330 e. The first-order chi connectivity index (χ1) is 14.3. The number of pyridine rings is 1. The van der Waals surface area contributed by atoms with Crippen LogP contribution in [-0.2, 0) is 11.3 Å². The lowest BCUT2D eigenvalue weighted by molar-refractivity contribution is 0.0978. The molecule has 164 valence electrons. The Morgan fingerprint density at radius 1 is 1.37 bits per heavy atom. The molecule has 30 heavy (non-hydrogen) atoms. The number of amides is 1. The van der Waals surface area contributed by atoms with Crippen molar-refractivity contribution in [2.24, 2.45) is 5.92 Å². The molecule has 2 aromatic rings. The van der Waals surface area contributed by atoms with E-state index in [1.807, 2.05) is 13.8 Å². The molecule has 0 saturated carbocycles. The van der Waals surface area contributed by atoms with Crippen LogP contribution in [0.5, 0.6) is 5.88 Å². The van der Waals surface area contributed by atoms with Crippen molar-refractivity contribution in [1.29, 1.82) is 0 Å². The van der Waals surface area contributed by atoms with Crippen LogP contribution < -0.4 is 26.6 Å². The number of rotatable bonds is 10. The fourth-order valence-electron chi connectivity index (χ4n) is 3.02. The van der Waals surface area contributed by atoms with Gasteiger partial charge in [-0.3, -0.25) is 19.1 Å². The van der Waals surface area contributed by atoms with Gasteiger partial charge < -0.3 is 20.1 Å². The molecule has 0 unspecified atom stereocenters. The number of nitrogens with one attached hydrogen (secondary N) is 1. The molecule has 0 aliphatic rings. The number of ether oxygens (including phenoxy) is 2. The topological polar surface area (TPSA) is 133 Å². The molecule has 0 saturated heterocycles. The first-order valence-electron chi connectivity index (χ1n) is 9.82. The normalized spacial score (nSPS) is 11.0. The van der Waals surface area contributed by atoms with Crippen LogP contribution in [0.1, 0.15) is 37.6 Å². The molecular weight excluding hydrogens is 390 g/mol. The molecule has 2 aromatic heterocycles. The second kappa shape index (κ2) is 10.6. The van der Waals surface area contributed by atoms with Crippen molar-refractivity contribution in [2.75, 3.05) is 37.5 Å². The quantitative estimate of drug-likeness (QED) is 0.554. The lowest BCUT2D eigenvalue weighted by Crippen LogP contribution is -2.42. The molecule has 0 fully saturated rings. The molecule has 0 atom stereocenters. The van der Waals surface area contributed by atoms with E-state index in [1.165, 1.54) is 15.7 Å². The Balaban J connectivity index is 2.62. The van der Waals surface area contributed by atoms with Crippen LogP contribution in [0.4, 0.5) is 11.5 Å². The summed E-state index contributed by atoms with van der Waals surface area (Å²) in [6, 6.07) is 3.18. The van der Waals surface area contributed by atoms with E-state index in [0.717, 1.165) is 0 Å². The first-order valence-corrected chi connectivity index (χ1v) is 9.82. The van der Waals surface area contributed by atoms with Crippen LogP contribution in [-0.4, -0.2) is 47.3 Å². The minimum atomic E-state index is -0.731. The van der Waals surface area contributed by atoms with Crippen molar-refractivity contribution < 1.29 is 14.3 Å². The number of anilines is 2. The average molecular weight is 419 g/mol. The van der Waals surface area contributed by atoms with Crippen LogP contribution in [0, 0.1) is 5.92 Å². The number of nitrogen functional groups attached to an aromatic ring is 1. The molecule has 0 aromatic carbocycles. The lowest BCUT2D eigenvalue weighted by atomic mass is 10.2. The van der Waals surface area contributed by atoms with Gasteiger partial charge in [-0.25, -0.2) is 9.78 Å². The number of aromatic amines is 1. The molecule has 1 amide bonds. The Bertz CT molecular complexity index is 982. The molecule has 10 heteroatoms. The van der Waals surface area contributed by atoms with Gasteiger partial charge in [0.1, 0.15) is 11.4 Å². The SMILES string of the molecule is CCOc1ncccc1C(=O)N(CCCOC)c1c(N)n(CC(C)C)c(=O)[nH]c1=O. The Morgan fingerprint density at radius 3 is 2.73 bits per heavy atom. The third kappa shape index (κ3) is 5.26. The van der Waals surface area contributed by atoms with Crippen LogP contribution in [0.3, 0.4) is 0 Å². The van der Waals surface area contributed by atoms with Crippen molar-refractivity contribution >= 4 is 17.4 Å². The third-order valence-corrected chi connectivity index (χ3v) is 4.29. The molecule has 0 aliphatic carbocycles. The fraction of sp³-hybridized carbons (Fsp3) is 0.500. The predicted octanol–water partition coefficient (Wildman–Crippen LogP) is 1.25. The Labute approximate surface area is 174 Å². The van der Waals surface area contributed by atoms with Gasteiger partial charge in [0, 0.05) is 33.0 Å². The van der Waals surface area contributed by atoms with Crippen LogP contribution >= 0.6 is 0 Å². The van der Waals surface area contributed by atoms with E-state index in [2.05, 4.69) is 9.97 Å². The van der Waals surface area contributed by atoms with E-state index < -0.39 is 17.2 Å². The van der Waals surface area contributed by atoms with Gasteiger partial charge >= 0.3 is 5.69 Å². The second-order valence-electron chi connectivity index (χ2n) is 7.09. The number of nitrogens with zero attached hydrogens (tertiary/aromatic N) is 3. The van der Waals surface area contributed by atoms with Crippen molar-refractivity contribution in [3.05, 3.63) is 44.7 Å². The van der Waals surface area contributed by atoms with Crippen molar-refractivity contribution in [3.8, 4) is 5.88 Å². The van der Waals surface area contributed by atoms with Gasteiger partial charge in [-0.1, -0.05) is 13.8 Å². The summed E-state index contributed by atoms with van der Waals surface area (Å²) in [5.74, 6) is -0.309. The highest BCUT2D eigenvalue weighted by molar-refractivity contribution is 6.08. The standard InChI is InChI=1S/C20H29N5O5/c1-5-30-18-14(8-6-9-22-18)19(27)24(10-7-11-29-4)15-16(21)25(12-13(2)3)20(28)23-17(15)26/h6,8-9,13H,5,7,10-12,21H2,1-4H3,(H,23,26,28). The first kappa shape index (κ1) is 23.1. The average Bonchev–Trinajstić information content (AvgIpc) is 2.70. The summed E-state index contributed by atoms with van der Waals surface area (Å²) in [4.78, 5) is 46.0. The largest absolute Gasteiger partial charge is 0.477 e. The Morgan fingerprint density at radius 2 is 2.10 bits per heavy atom. The van der Waals surface area contributed by atoms with Crippen LogP contribution in [0.15, 0.2) is 27.9 Å². The molecule has 2 heterocycles. The Hall–Kier alpha value is -3.14. The number of aromatic nitrogens is 3. The van der Waals surface area contributed by atoms with E-state index in [-0.39, 0.29) is 35.4 Å². The highest BCUT2D eigenvalue weighted by Gasteiger charge is 2.27. The van der Waals surface area contributed by atoms with Gasteiger partial charge in [-0.05, 0) is 31.4 Å². The second-order valence-corrected chi connectivity index (χ2v) is 7.09. The number of nitrogens with two attached hydrogens (primary N) is 1. The molecular formula is C20H29N5O5. The molecule has 0 spiro atoms. The monoisotopic (exact) mass is 419 g/mol. The smallest absolute Gasteiger partial charge is 0.330 e. The van der Waals surface area contributed by atoms with E-state index >= 15 is 0 Å². The predicted molar refractivity (Wildman–Crippen MR) is 114 cm³/mol. The fourth-order valence-corrected chi connectivity index (χ4v) is 3.02. The minimum Gasteiger partial charge on any atom is -0.477 e. The van der Waals surface area contributed by atoms with Crippen molar-refractivity contribution in [3.63, 3.8) is 0 Å². The van der Waals surface area contributed by atoms with Crippen molar-refractivity contribution in [2.45, 2.75) is 33.7 Å². The third-order valence-electron chi connectivity index (χ3n) is 4.29. The lowest BCUT2D eigenvalue weighted by Gasteiger charge is -2.25. The van der Waals surface area contributed by atoms with Crippen LogP contribution in [0.2, 0.25) is 0 Å². The van der Waals surface area contributed by atoms with Gasteiger partial charge in [0.15, 0.2) is 5.69 Å². The van der Waals surface area contributed by atoms with Gasteiger partial charge in [0.2, 0.25) is 5.88 Å². The summed E-state index contributed by atoms with van der Waals surface area (Å²) in [7, 11) is 1.55. The van der Waals surface area contributed by atoms with E-state index in [4.69, 9.17) is 15.2 Å². The zero-order valence-electron chi connectivity index (χ0n) is 17.8. The zero-order chi connectivity index (χ0) is 22.3. The molecule has 10 nitrogen and oxygen atoms in total. The highest BCUT2D eigenvalue weighted by Crippen LogP contribution is 2.23. The van der Waals surface area contributed by atoms with Gasteiger partial charge in [0.25, 0.3) is 11.5 Å². The summed E-state index contributed by atoms with van der Waals surface area (Å²) >= 11 is 0. The van der Waals surface area contributed by atoms with Gasteiger partial charge in [-0.2, -0.15) is 0 Å². The van der Waals surface area contributed by atoms with E-state index in [1.54, 1.807) is 26.2 Å². The molecule has 0 aliphatic heterocycles. The maximum absolute atomic E-state index is 13.4. The summed E-state index contributed by atoms with van der Waals surface area (Å²) < 4.78 is 11.8. The molecule has 3 N–H and O–H groups in total. The van der Waals surface area contributed by atoms with Crippen LogP contribution in [0.25, 0.3) is 0 Å². The number of carbonyl (C=O) groups excluding carboxylic acids is 1. The Kier molecular flexibility index (Phi) is 8.16. The van der Waals surface area contributed by atoms with Crippen molar-refractivity contribution in [1.82, 2.24) is 14.5 Å². The molecule has 0 radical (unpaired) electrons. The molecule has 0 bridgehead atoms. The highest BCUT2D eigenvalue weighted by atomic mass is 16.5. The van der Waals surface area contributed by atoms with E-state index in [9.17, 15) is 14.4 Å². The van der Waals surface area contributed by atoms with Gasteiger partial charge in [-0.15, -0.1) is 0 Å². The van der Waals surface area contributed by atoms with Gasteiger partial charge in [0.05, 0.1) is 6.61 Å². The van der Waals surface area contributed by atoms with E-state index in [0.29, 0.717) is 26.2 Å². The number of carbonyl (C=O) groups is 1. The number of H-pyrrole nitrogens is 1. The number of methoxy groups -OCH3 is 1. The maximum atomic E-state index is 13.4. The number of hydrogen-bond donors (Lipinski definition) is 2. The summed E-state index contributed by atoms with van der Waals surface area (Å²) in [6.07, 6.45) is 1.97. The summed E-state index contributed by atoms with van der Waals surface area (Å²) in [5, 5.41) is 0. The minimum absolute atomic E-state index is 0.0648. The summed E-state index contributed by atoms with van der Waals surface area (Å²) in [5.41, 5.74) is 4.99. The summed E-state index contributed by atoms with van der Waals surface area (Å²) in [6.45, 7) is 6.77.